The number of nitrogens with zero attached hydrogens (tertiary/aromatic N) is 1. The predicted molar refractivity (Wildman–Crippen MR) is 279 cm³/mol. The highest BCUT2D eigenvalue weighted by atomic mass is 32.2. The Hall–Kier alpha value is -7.56. The first-order valence-corrected chi connectivity index (χ1v) is 24.8. The Bertz CT molecular complexity index is 3830. The SMILES string of the molecule is c1ccc2c(c1)Sc1ccccc1C21c2ccccc2-c2cc(N(c3ccc4c(ccc5ccccc54)c3)c3cccc4c3-c3ccccc3C43c4ccccc4Sc4ccccc43)ccc21. The first-order valence-electron chi connectivity index (χ1n) is 23.2. The number of fused-ring (bicyclic) bond motifs is 21. The van der Waals surface area contributed by atoms with E-state index >= 15 is 0 Å². The molecule has 312 valence electrons. The van der Waals surface area contributed by atoms with E-state index in [1.807, 2.05) is 23.5 Å². The standard InChI is InChI=1S/C64H39NS2/c1-2-17-44-40(16-1)32-33-41-38-42(34-36-45(41)44)65(43-35-37-51-48(39-43)46-18-3-5-20-49(46)63(51)52-22-7-11-28-58(52)66-59-29-12-8-23-53(59)63)57-27-15-26-56-62(57)47-19-4-6-21-50(47)64(56)54-24-9-13-30-60(54)67-61-31-14-10-25-55(61)64/h1-39H. The minimum atomic E-state index is -0.489. The highest BCUT2D eigenvalue weighted by Gasteiger charge is 2.52. The first-order chi connectivity index (χ1) is 33.2. The number of rotatable bonds is 3. The summed E-state index contributed by atoms with van der Waals surface area (Å²) in [7, 11) is 0. The van der Waals surface area contributed by atoms with E-state index in [-0.39, 0.29) is 0 Å². The largest absolute Gasteiger partial charge is 0.310 e. The second kappa shape index (κ2) is 14.0. The van der Waals surface area contributed by atoms with Crippen LogP contribution in [0.4, 0.5) is 17.1 Å². The molecule has 0 saturated carbocycles. The molecule has 0 unspecified atom stereocenters. The minimum absolute atomic E-state index is 0.448. The third-order valence-electron chi connectivity index (χ3n) is 15.2. The lowest BCUT2D eigenvalue weighted by molar-refractivity contribution is 0.722. The van der Waals surface area contributed by atoms with Crippen molar-refractivity contribution in [2.24, 2.45) is 0 Å². The van der Waals surface area contributed by atoms with E-state index in [1.54, 1.807) is 0 Å². The van der Waals surface area contributed by atoms with Gasteiger partial charge in [-0.3, -0.25) is 0 Å². The molecule has 0 amide bonds. The molecule has 11 aromatic carbocycles. The molecule has 11 aromatic rings. The zero-order valence-corrected chi connectivity index (χ0v) is 37.9. The molecule has 0 aromatic heterocycles. The van der Waals surface area contributed by atoms with Crippen LogP contribution in [0, 0.1) is 0 Å². The van der Waals surface area contributed by atoms with Gasteiger partial charge in [0, 0.05) is 36.5 Å². The Morgan fingerprint density at radius 1 is 0.284 bits per heavy atom. The van der Waals surface area contributed by atoms with E-state index in [4.69, 9.17) is 0 Å². The van der Waals surface area contributed by atoms with Crippen molar-refractivity contribution >= 4 is 62.1 Å². The van der Waals surface area contributed by atoms with E-state index in [2.05, 4.69) is 241 Å². The molecular formula is C64H39NS2. The van der Waals surface area contributed by atoms with Crippen LogP contribution in [-0.4, -0.2) is 0 Å². The fourth-order valence-corrected chi connectivity index (χ4v) is 15.0. The van der Waals surface area contributed by atoms with Crippen molar-refractivity contribution in [2.75, 3.05) is 4.90 Å². The maximum atomic E-state index is 2.56. The molecule has 15 rings (SSSR count). The van der Waals surface area contributed by atoms with Gasteiger partial charge < -0.3 is 4.90 Å². The minimum Gasteiger partial charge on any atom is -0.310 e. The van der Waals surface area contributed by atoms with Crippen LogP contribution < -0.4 is 4.90 Å². The summed E-state index contributed by atoms with van der Waals surface area (Å²) < 4.78 is 0. The fraction of sp³-hybridized carbons (Fsp3) is 0.0312. The van der Waals surface area contributed by atoms with Crippen molar-refractivity contribution in [1.82, 2.24) is 0 Å². The van der Waals surface area contributed by atoms with Crippen LogP contribution in [0.1, 0.15) is 44.5 Å². The molecule has 67 heavy (non-hydrogen) atoms. The summed E-state index contributed by atoms with van der Waals surface area (Å²) in [4.78, 5) is 7.81. The second-order valence-electron chi connectivity index (χ2n) is 18.2. The molecule has 4 aliphatic rings. The van der Waals surface area contributed by atoms with Gasteiger partial charge in [0.25, 0.3) is 0 Å². The van der Waals surface area contributed by atoms with Crippen LogP contribution in [0.3, 0.4) is 0 Å². The third kappa shape index (κ3) is 4.92. The zero-order chi connectivity index (χ0) is 43.8. The van der Waals surface area contributed by atoms with Crippen LogP contribution in [-0.2, 0) is 10.8 Å². The molecule has 2 aliphatic heterocycles. The lowest BCUT2D eigenvalue weighted by Gasteiger charge is -2.40. The summed E-state index contributed by atoms with van der Waals surface area (Å²) in [5.74, 6) is 0. The predicted octanol–water partition coefficient (Wildman–Crippen LogP) is 17.1. The summed E-state index contributed by atoms with van der Waals surface area (Å²) in [6.45, 7) is 0. The van der Waals surface area contributed by atoms with Crippen LogP contribution in [0.15, 0.2) is 256 Å². The maximum absolute atomic E-state index is 2.56. The highest BCUT2D eigenvalue weighted by Crippen LogP contribution is 2.66. The van der Waals surface area contributed by atoms with Gasteiger partial charge in [-0.2, -0.15) is 0 Å². The van der Waals surface area contributed by atoms with Gasteiger partial charge in [0.2, 0.25) is 0 Å². The smallest absolute Gasteiger partial charge is 0.0736 e. The topological polar surface area (TPSA) is 3.24 Å². The van der Waals surface area contributed by atoms with Gasteiger partial charge in [-0.25, -0.2) is 0 Å². The number of benzene rings is 11. The molecule has 0 atom stereocenters. The van der Waals surface area contributed by atoms with Crippen molar-refractivity contribution in [3.05, 3.63) is 281 Å². The molecule has 0 N–H and O–H groups in total. The average Bonchev–Trinajstić information content (AvgIpc) is 3.85. The van der Waals surface area contributed by atoms with Gasteiger partial charge in [-0.15, -0.1) is 0 Å². The first kappa shape index (κ1) is 37.6. The summed E-state index contributed by atoms with van der Waals surface area (Å²) in [6, 6.07) is 89.6. The third-order valence-corrected chi connectivity index (χ3v) is 17.5. The molecule has 2 heterocycles. The maximum Gasteiger partial charge on any atom is 0.0736 e. The Labute approximate surface area is 398 Å². The average molecular weight is 886 g/mol. The summed E-state index contributed by atoms with van der Waals surface area (Å²) >= 11 is 3.79. The fourth-order valence-electron chi connectivity index (χ4n) is 12.6. The van der Waals surface area contributed by atoms with Crippen LogP contribution in [0.25, 0.3) is 43.8 Å². The zero-order valence-electron chi connectivity index (χ0n) is 36.3. The Morgan fingerprint density at radius 2 is 0.731 bits per heavy atom. The van der Waals surface area contributed by atoms with E-state index in [1.165, 1.54) is 114 Å². The van der Waals surface area contributed by atoms with E-state index in [0.29, 0.717) is 0 Å². The summed E-state index contributed by atoms with van der Waals surface area (Å²) in [6.07, 6.45) is 0. The molecule has 0 radical (unpaired) electrons. The van der Waals surface area contributed by atoms with E-state index in [0.717, 1.165) is 11.4 Å². The van der Waals surface area contributed by atoms with Crippen LogP contribution in [0.2, 0.25) is 0 Å². The molecular weight excluding hydrogens is 847 g/mol. The number of anilines is 3. The normalized spacial score (nSPS) is 14.7. The Kier molecular flexibility index (Phi) is 7.85. The van der Waals surface area contributed by atoms with Crippen LogP contribution >= 0.6 is 23.5 Å². The highest BCUT2D eigenvalue weighted by molar-refractivity contribution is 7.99. The van der Waals surface area contributed by atoms with Gasteiger partial charge in [-0.05, 0) is 137 Å². The monoisotopic (exact) mass is 885 g/mol. The van der Waals surface area contributed by atoms with Crippen molar-refractivity contribution in [2.45, 2.75) is 30.4 Å². The van der Waals surface area contributed by atoms with Gasteiger partial charge in [-0.1, -0.05) is 206 Å². The lowest BCUT2D eigenvalue weighted by atomic mass is 9.67. The Morgan fingerprint density at radius 3 is 1.39 bits per heavy atom. The molecule has 0 saturated heterocycles. The van der Waals surface area contributed by atoms with Gasteiger partial charge in [0.1, 0.15) is 0 Å². The lowest BCUT2D eigenvalue weighted by Crippen LogP contribution is -2.32. The molecule has 2 spiro atoms. The molecule has 0 fully saturated rings. The second-order valence-corrected chi connectivity index (χ2v) is 20.4. The molecule has 3 heteroatoms. The van der Waals surface area contributed by atoms with Crippen molar-refractivity contribution in [3.8, 4) is 22.3 Å². The van der Waals surface area contributed by atoms with Crippen molar-refractivity contribution in [1.29, 1.82) is 0 Å². The molecule has 0 bridgehead atoms. The summed E-state index contributed by atoms with van der Waals surface area (Å²) in [5.41, 5.74) is 18.3. The van der Waals surface area contributed by atoms with E-state index in [9.17, 15) is 0 Å². The van der Waals surface area contributed by atoms with E-state index < -0.39 is 10.8 Å². The molecule has 1 nitrogen and oxygen atoms in total. The Balaban J connectivity index is 1.03. The van der Waals surface area contributed by atoms with Crippen LogP contribution in [0.5, 0.6) is 0 Å². The number of hydrogen-bond acceptors (Lipinski definition) is 3. The quantitative estimate of drug-likeness (QED) is 0.163. The van der Waals surface area contributed by atoms with Crippen molar-refractivity contribution in [3.63, 3.8) is 0 Å². The van der Waals surface area contributed by atoms with Gasteiger partial charge >= 0.3 is 0 Å². The summed E-state index contributed by atoms with van der Waals surface area (Å²) in [5, 5.41) is 5.00. The molecule has 2 aliphatic carbocycles. The van der Waals surface area contributed by atoms with Gasteiger partial charge in [0.05, 0.1) is 16.5 Å². The van der Waals surface area contributed by atoms with Crippen molar-refractivity contribution < 1.29 is 0 Å². The number of hydrogen-bond donors (Lipinski definition) is 0. The van der Waals surface area contributed by atoms with Gasteiger partial charge in [0.15, 0.2) is 0 Å².